The maximum atomic E-state index is 12.0. The third-order valence-corrected chi connectivity index (χ3v) is 4.22. The first-order chi connectivity index (χ1) is 9.51. The minimum absolute atomic E-state index is 0.246. The number of carboxylic acid groups (broad SMARTS) is 1. The molecule has 0 bridgehead atoms. The van der Waals surface area contributed by atoms with Crippen LogP contribution in [0.3, 0.4) is 0 Å². The van der Waals surface area contributed by atoms with Crippen LogP contribution in [0.4, 0.5) is 0 Å². The standard InChI is InChI=1S/C14H13NO3S2/c1-2-9-3-5-10(6-4-9)7-11-13(18)15(8-12(16)17)14(19)20-11/h3-7H,2,8H2,1H3,(H,16,17)/p-1/b11-7-. The molecule has 0 aromatic heterocycles. The summed E-state index contributed by atoms with van der Waals surface area (Å²) in [7, 11) is 0. The van der Waals surface area contributed by atoms with Gasteiger partial charge in [-0.15, -0.1) is 0 Å². The summed E-state index contributed by atoms with van der Waals surface area (Å²) in [6.45, 7) is 1.57. The number of carboxylic acids is 1. The highest BCUT2D eigenvalue weighted by atomic mass is 32.2. The summed E-state index contributed by atoms with van der Waals surface area (Å²) in [6, 6.07) is 7.83. The molecule has 2 rings (SSSR count). The SMILES string of the molecule is CCc1ccc(/C=C2\SC(=S)N(CC(=O)[O-])C2=O)cc1. The number of benzene rings is 1. The normalized spacial score (nSPS) is 17.1. The first kappa shape index (κ1) is 14.7. The molecule has 0 radical (unpaired) electrons. The van der Waals surface area contributed by atoms with E-state index in [1.165, 1.54) is 5.56 Å². The molecule has 6 heteroatoms. The number of aliphatic carboxylic acids is 1. The van der Waals surface area contributed by atoms with Crippen LogP contribution < -0.4 is 5.11 Å². The van der Waals surface area contributed by atoms with Gasteiger partial charge in [0.15, 0.2) is 0 Å². The first-order valence-corrected chi connectivity index (χ1v) is 7.28. The van der Waals surface area contributed by atoms with Crippen molar-refractivity contribution in [2.24, 2.45) is 0 Å². The zero-order valence-corrected chi connectivity index (χ0v) is 12.4. The van der Waals surface area contributed by atoms with E-state index in [0.29, 0.717) is 4.91 Å². The van der Waals surface area contributed by atoms with Crippen molar-refractivity contribution in [1.29, 1.82) is 0 Å². The van der Waals surface area contributed by atoms with E-state index in [2.05, 4.69) is 6.92 Å². The number of thioether (sulfide) groups is 1. The molecule has 1 aliphatic heterocycles. The van der Waals surface area contributed by atoms with Crippen molar-refractivity contribution in [1.82, 2.24) is 4.90 Å². The third-order valence-electron chi connectivity index (χ3n) is 2.85. The van der Waals surface area contributed by atoms with Crippen molar-refractivity contribution in [3.63, 3.8) is 0 Å². The molecule has 1 heterocycles. The van der Waals surface area contributed by atoms with Gasteiger partial charge >= 0.3 is 0 Å². The van der Waals surface area contributed by atoms with E-state index in [1.54, 1.807) is 6.08 Å². The Kier molecular flexibility index (Phi) is 4.57. The first-order valence-electron chi connectivity index (χ1n) is 6.05. The Hall–Kier alpha value is -1.66. The summed E-state index contributed by atoms with van der Waals surface area (Å²) >= 11 is 6.11. The second-order valence-corrected chi connectivity index (χ2v) is 5.91. The smallest absolute Gasteiger partial charge is 0.266 e. The summed E-state index contributed by atoms with van der Waals surface area (Å²) in [5.41, 5.74) is 2.10. The number of hydrogen-bond donors (Lipinski definition) is 0. The fourth-order valence-corrected chi connectivity index (χ4v) is 3.02. The predicted molar refractivity (Wildman–Crippen MR) is 80.7 cm³/mol. The van der Waals surface area contributed by atoms with Crippen LogP contribution in [0.15, 0.2) is 29.2 Å². The van der Waals surface area contributed by atoms with Crippen LogP contribution in [0.1, 0.15) is 18.1 Å². The lowest BCUT2D eigenvalue weighted by molar-refractivity contribution is -0.305. The molecule has 20 heavy (non-hydrogen) atoms. The van der Waals surface area contributed by atoms with E-state index < -0.39 is 12.5 Å². The van der Waals surface area contributed by atoms with Crippen molar-refractivity contribution in [2.45, 2.75) is 13.3 Å². The third kappa shape index (κ3) is 3.26. The molecule has 1 saturated heterocycles. The topological polar surface area (TPSA) is 60.4 Å². The molecular weight excluding hydrogens is 294 g/mol. The van der Waals surface area contributed by atoms with Gasteiger partial charge in [-0.3, -0.25) is 9.69 Å². The molecule has 0 saturated carbocycles. The van der Waals surface area contributed by atoms with E-state index in [1.807, 2.05) is 24.3 Å². The number of amides is 1. The van der Waals surface area contributed by atoms with Gasteiger partial charge in [0.05, 0.1) is 17.4 Å². The molecule has 0 N–H and O–H groups in total. The van der Waals surface area contributed by atoms with E-state index in [-0.39, 0.29) is 10.2 Å². The summed E-state index contributed by atoms with van der Waals surface area (Å²) in [5, 5.41) is 10.6. The molecular formula is C14H12NO3S2-. The monoisotopic (exact) mass is 306 g/mol. The summed E-state index contributed by atoms with van der Waals surface area (Å²) in [5.74, 6) is -1.71. The predicted octanol–water partition coefficient (Wildman–Crippen LogP) is 1.20. The van der Waals surface area contributed by atoms with Gasteiger partial charge in [0.2, 0.25) is 0 Å². The summed E-state index contributed by atoms with van der Waals surface area (Å²) in [4.78, 5) is 24.1. The van der Waals surface area contributed by atoms with Gasteiger partial charge in [0.25, 0.3) is 5.91 Å². The number of nitrogens with zero attached hydrogens (tertiary/aromatic N) is 1. The van der Waals surface area contributed by atoms with E-state index in [4.69, 9.17) is 12.2 Å². The number of rotatable bonds is 4. The highest BCUT2D eigenvalue weighted by molar-refractivity contribution is 8.26. The largest absolute Gasteiger partial charge is 0.548 e. The minimum atomic E-state index is -1.32. The van der Waals surface area contributed by atoms with Crippen LogP contribution in [-0.2, 0) is 16.0 Å². The molecule has 0 aliphatic carbocycles. The number of carbonyl (C=O) groups is 2. The Balaban J connectivity index is 2.20. The fraction of sp³-hybridized carbons (Fsp3) is 0.214. The average Bonchev–Trinajstić information content (AvgIpc) is 2.67. The fourth-order valence-electron chi connectivity index (χ4n) is 1.77. The molecule has 4 nitrogen and oxygen atoms in total. The van der Waals surface area contributed by atoms with Crippen molar-refractivity contribution >= 4 is 46.3 Å². The molecule has 1 amide bonds. The Morgan fingerprint density at radius 2 is 2.05 bits per heavy atom. The van der Waals surface area contributed by atoms with Crippen molar-refractivity contribution in [3.05, 3.63) is 40.3 Å². The van der Waals surface area contributed by atoms with Crippen molar-refractivity contribution in [3.8, 4) is 0 Å². The van der Waals surface area contributed by atoms with Gasteiger partial charge in [-0.05, 0) is 23.6 Å². The van der Waals surface area contributed by atoms with Crippen LogP contribution >= 0.6 is 24.0 Å². The van der Waals surface area contributed by atoms with Crippen LogP contribution in [-0.4, -0.2) is 27.6 Å². The maximum absolute atomic E-state index is 12.0. The highest BCUT2D eigenvalue weighted by Crippen LogP contribution is 2.32. The van der Waals surface area contributed by atoms with Gasteiger partial charge in [0.1, 0.15) is 4.32 Å². The van der Waals surface area contributed by atoms with Crippen LogP contribution in [0.2, 0.25) is 0 Å². The van der Waals surface area contributed by atoms with Crippen molar-refractivity contribution < 1.29 is 14.7 Å². The van der Waals surface area contributed by atoms with Crippen LogP contribution in [0.5, 0.6) is 0 Å². The van der Waals surface area contributed by atoms with Gasteiger partial charge < -0.3 is 9.90 Å². The molecule has 0 spiro atoms. The van der Waals surface area contributed by atoms with E-state index in [9.17, 15) is 14.7 Å². The Morgan fingerprint density at radius 3 is 2.60 bits per heavy atom. The van der Waals surface area contributed by atoms with Gasteiger partial charge in [-0.2, -0.15) is 0 Å². The molecule has 1 aliphatic rings. The Bertz CT molecular complexity index is 593. The number of carbonyl (C=O) groups excluding carboxylic acids is 2. The van der Waals surface area contributed by atoms with Crippen LogP contribution in [0, 0.1) is 0 Å². The van der Waals surface area contributed by atoms with E-state index >= 15 is 0 Å². The van der Waals surface area contributed by atoms with Gasteiger partial charge in [-0.1, -0.05) is 55.2 Å². The Labute approximate surface area is 126 Å². The molecule has 0 unspecified atom stereocenters. The molecule has 1 aromatic rings. The minimum Gasteiger partial charge on any atom is -0.548 e. The molecule has 104 valence electrons. The lowest BCUT2D eigenvalue weighted by atomic mass is 10.1. The number of aryl methyl sites for hydroxylation is 1. The molecule has 1 fully saturated rings. The molecule has 1 aromatic carbocycles. The average molecular weight is 306 g/mol. The zero-order chi connectivity index (χ0) is 14.7. The lowest BCUT2D eigenvalue weighted by Gasteiger charge is -2.14. The van der Waals surface area contributed by atoms with Gasteiger partial charge in [0, 0.05) is 0 Å². The summed E-state index contributed by atoms with van der Waals surface area (Å²) < 4.78 is 0.246. The zero-order valence-electron chi connectivity index (χ0n) is 10.8. The lowest BCUT2D eigenvalue weighted by Crippen LogP contribution is -2.40. The second kappa shape index (κ2) is 6.19. The number of thiocarbonyl (C=S) groups is 1. The quantitative estimate of drug-likeness (QED) is 0.618. The number of hydrogen-bond acceptors (Lipinski definition) is 5. The van der Waals surface area contributed by atoms with Crippen molar-refractivity contribution in [2.75, 3.05) is 6.54 Å². The van der Waals surface area contributed by atoms with Crippen LogP contribution in [0.25, 0.3) is 6.08 Å². The maximum Gasteiger partial charge on any atom is 0.266 e. The van der Waals surface area contributed by atoms with E-state index in [0.717, 1.165) is 28.6 Å². The van der Waals surface area contributed by atoms with Gasteiger partial charge in [-0.25, -0.2) is 0 Å². The molecule has 0 atom stereocenters. The second-order valence-electron chi connectivity index (χ2n) is 4.23. The highest BCUT2D eigenvalue weighted by Gasteiger charge is 2.31. The summed E-state index contributed by atoms with van der Waals surface area (Å²) in [6.07, 6.45) is 2.67. The Morgan fingerprint density at radius 1 is 1.40 bits per heavy atom.